The van der Waals surface area contributed by atoms with Crippen LogP contribution in [0.25, 0.3) is 0 Å². The standard InChI is InChI=1S/C17H27FN2O/c1-3-9-20(12-14-5-4-8-19-11-14)13-15-6-7-16(21-2)10-17(15)18/h6-7,10,14,19H,3-5,8-9,11-13H2,1-2H3. The van der Waals surface area contributed by atoms with Gasteiger partial charge in [0.25, 0.3) is 0 Å². The molecule has 1 unspecified atom stereocenters. The second kappa shape index (κ2) is 8.35. The third-order valence-corrected chi connectivity index (χ3v) is 4.11. The molecule has 0 spiro atoms. The number of benzene rings is 1. The molecule has 1 saturated heterocycles. The largest absolute Gasteiger partial charge is 0.497 e. The molecule has 1 aliphatic rings. The summed E-state index contributed by atoms with van der Waals surface area (Å²) in [6.07, 6.45) is 3.62. The van der Waals surface area contributed by atoms with Gasteiger partial charge in [-0.1, -0.05) is 13.0 Å². The number of hydrogen-bond acceptors (Lipinski definition) is 3. The summed E-state index contributed by atoms with van der Waals surface area (Å²) in [5, 5.41) is 3.46. The molecule has 0 radical (unpaired) electrons. The van der Waals surface area contributed by atoms with Gasteiger partial charge in [-0.05, 0) is 50.9 Å². The van der Waals surface area contributed by atoms with Gasteiger partial charge in [-0.3, -0.25) is 4.90 Å². The first-order valence-electron chi connectivity index (χ1n) is 7.98. The minimum atomic E-state index is -0.169. The van der Waals surface area contributed by atoms with Crippen LogP contribution in [-0.4, -0.2) is 38.2 Å². The maximum atomic E-state index is 14.1. The zero-order valence-corrected chi connectivity index (χ0v) is 13.2. The Hall–Kier alpha value is -1.13. The predicted molar refractivity (Wildman–Crippen MR) is 84.1 cm³/mol. The molecule has 118 valence electrons. The van der Waals surface area contributed by atoms with E-state index in [-0.39, 0.29) is 5.82 Å². The SMILES string of the molecule is CCCN(Cc1ccc(OC)cc1F)CC1CCCNC1. The van der Waals surface area contributed by atoms with Crippen LogP contribution in [0.2, 0.25) is 0 Å². The normalized spacial score (nSPS) is 19.0. The third kappa shape index (κ3) is 4.97. The van der Waals surface area contributed by atoms with Gasteiger partial charge in [-0.25, -0.2) is 4.39 Å². The number of nitrogens with one attached hydrogen (secondary N) is 1. The van der Waals surface area contributed by atoms with Crippen molar-refractivity contribution in [2.24, 2.45) is 5.92 Å². The van der Waals surface area contributed by atoms with Gasteiger partial charge in [0.05, 0.1) is 7.11 Å². The van der Waals surface area contributed by atoms with Crippen LogP contribution >= 0.6 is 0 Å². The van der Waals surface area contributed by atoms with Gasteiger partial charge >= 0.3 is 0 Å². The topological polar surface area (TPSA) is 24.5 Å². The lowest BCUT2D eigenvalue weighted by molar-refractivity contribution is 0.199. The number of nitrogens with zero attached hydrogens (tertiary/aromatic N) is 1. The van der Waals surface area contributed by atoms with Crippen LogP contribution in [0.15, 0.2) is 18.2 Å². The van der Waals surface area contributed by atoms with Crippen molar-refractivity contribution in [3.05, 3.63) is 29.6 Å². The second-order valence-electron chi connectivity index (χ2n) is 5.90. The monoisotopic (exact) mass is 294 g/mol. The molecule has 1 aromatic carbocycles. The molecule has 1 fully saturated rings. The van der Waals surface area contributed by atoms with Crippen LogP contribution < -0.4 is 10.1 Å². The number of halogens is 1. The van der Waals surface area contributed by atoms with Crippen molar-refractivity contribution < 1.29 is 9.13 Å². The Morgan fingerprint density at radius 3 is 2.90 bits per heavy atom. The fraction of sp³-hybridized carbons (Fsp3) is 0.647. The molecule has 0 aliphatic carbocycles. The molecule has 3 nitrogen and oxygen atoms in total. The molecule has 21 heavy (non-hydrogen) atoms. The number of piperidine rings is 1. The molecule has 4 heteroatoms. The summed E-state index contributed by atoms with van der Waals surface area (Å²) in [6.45, 7) is 7.15. The Morgan fingerprint density at radius 1 is 1.43 bits per heavy atom. The van der Waals surface area contributed by atoms with Crippen LogP contribution in [0.3, 0.4) is 0 Å². The van der Waals surface area contributed by atoms with Crippen molar-refractivity contribution in [3.8, 4) is 5.75 Å². The van der Waals surface area contributed by atoms with E-state index >= 15 is 0 Å². The highest BCUT2D eigenvalue weighted by Gasteiger charge is 2.17. The number of hydrogen-bond donors (Lipinski definition) is 1. The van der Waals surface area contributed by atoms with Crippen LogP contribution in [0.5, 0.6) is 5.75 Å². The number of ether oxygens (including phenoxy) is 1. The maximum Gasteiger partial charge on any atom is 0.131 e. The van der Waals surface area contributed by atoms with Crippen molar-refractivity contribution >= 4 is 0 Å². The van der Waals surface area contributed by atoms with Crippen LogP contribution in [0, 0.1) is 11.7 Å². The molecule has 1 aromatic rings. The van der Waals surface area contributed by atoms with Gasteiger partial charge in [0.15, 0.2) is 0 Å². The summed E-state index contributed by atoms with van der Waals surface area (Å²) in [7, 11) is 1.56. The van der Waals surface area contributed by atoms with Crippen molar-refractivity contribution in [1.29, 1.82) is 0 Å². The average molecular weight is 294 g/mol. The Labute approximate surface area is 127 Å². The summed E-state index contributed by atoms with van der Waals surface area (Å²) in [6, 6.07) is 5.16. The lowest BCUT2D eigenvalue weighted by Gasteiger charge is -2.30. The molecule has 1 heterocycles. The molecule has 1 aliphatic heterocycles. The molecular weight excluding hydrogens is 267 g/mol. The second-order valence-corrected chi connectivity index (χ2v) is 5.90. The molecular formula is C17H27FN2O. The summed E-state index contributed by atoms with van der Waals surface area (Å²) in [5.41, 5.74) is 0.757. The summed E-state index contributed by atoms with van der Waals surface area (Å²) < 4.78 is 19.2. The lowest BCUT2D eigenvalue weighted by Crippen LogP contribution is -2.38. The van der Waals surface area contributed by atoms with Crippen molar-refractivity contribution in [2.45, 2.75) is 32.7 Å². The van der Waals surface area contributed by atoms with Gasteiger partial charge in [0.1, 0.15) is 11.6 Å². The smallest absolute Gasteiger partial charge is 0.131 e. The molecule has 0 amide bonds. The van der Waals surface area contributed by atoms with E-state index in [0.717, 1.165) is 38.2 Å². The summed E-state index contributed by atoms with van der Waals surface area (Å²) in [5.74, 6) is 1.10. The Balaban J connectivity index is 1.97. The first-order valence-corrected chi connectivity index (χ1v) is 7.98. The highest BCUT2D eigenvalue weighted by Crippen LogP contribution is 2.19. The van der Waals surface area contributed by atoms with Gasteiger partial charge in [-0.2, -0.15) is 0 Å². The van der Waals surface area contributed by atoms with E-state index in [4.69, 9.17) is 4.74 Å². The summed E-state index contributed by atoms with van der Waals surface area (Å²) in [4.78, 5) is 2.38. The lowest BCUT2D eigenvalue weighted by atomic mass is 9.98. The molecule has 1 N–H and O–H groups in total. The number of rotatable bonds is 7. The van der Waals surface area contributed by atoms with E-state index in [9.17, 15) is 4.39 Å². The average Bonchev–Trinajstić information content (AvgIpc) is 2.50. The Bertz CT molecular complexity index is 433. The molecule has 2 rings (SSSR count). The van der Waals surface area contributed by atoms with Crippen LogP contribution in [-0.2, 0) is 6.54 Å². The van der Waals surface area contributed by atoms with E-state index in [1.54, 1.807) is 7.11 Å². The molecule has 0 bridgehead atoms. The molecule has 0 aromatic heterocycles. The van der Waals surface area contributed by atoms with E-state index in [1.165, 1.54) is 18.9 Å². The van der Waals surface area contributed by atoms with Crippen LogP contribution in [0.1, 0.15) is 31.7 Å². The quantitative estimate of drug-likeness (QED) is 0.836. The van der Waals surface area contributed by atoms with Crippen molar-refractivity contribution in [1.82, 2.24) is 10.2 Å². The highest BCUT2D eigenvalue weighted by molar-refractivity contribution is 5.28. The van der Waals surface area contributed by atoms with Gasteiger partial charge < -0.3 is 10.1 Å². The van der Waals surface area contributed by atoms with E-state index in [1.807, 2.05) is 12.1 Å². The first-order chi connectivity index (χ1) is 10.2. The Kier molecular flexibility index (Phi) is 6.46. The Morgan fingerprint density at radius 2 is 2.29 bits per heavy atom. The zero-order chi connectivity index (χ0) is 15.1. The minimum absolute atomic E-state index is 0.169. The predicted octanol–water partition coefficient (Wildman–Crippen LogP) is 3.05. The van der Waals surface area contributed by atoms with E-state index < -0.39 is 0 Å². The number of methoxy groups -OCH3 is 1. The maximum absolute atomic E-state index is 14.1. The first kappa shape index (κ1) is 16.2. The van der Waals surface area contributed by atoms with Gasteiger partial charge in [0, 0.05) is 24.7 Å². The van der Waals surface area contributed by atoms with Crippen LogP contribution in [0.4, 0.5) is 4.39 Å². The van der Waals surface area contributed by atoms with Gasteiger partial charge in [0.2, 0.25) is 0 Å². The highest BCUT2D eigenvalue weighted by atomic mass is 19.1. The van der Waals surface area contributed by atoms with Crippen molar-refractivity contribution in [2.75, 3.05) is 33.3 Å². The van der Waals surface area contributed by atoms with E-state index in [2.05, 4.69) is 17.1 Å². The third-order valence-electron chi connectivity index (χ3n) is 4.11. The van der Waals surface area contributed by atoms with E-state index in [0.29, 0.717) is 18.2 Å². The molecule has 1 atom stereocenters. The van der Waals surface area contributed by atoms with Crippen molar-refractivity contribution in [3.63, 3.8) is 0 Å². The fourth-order valence-corrected chi connectivity index (χ4v) is 3.02. The van der Waals surface area contributed by atoms with Gasteiger partial charge in [-0.15, -0.1) is 0 Å². The summed E-state index contributed by atoms with van der Waals surface area (Å²) >= 11 is 0. The molecule has 0 saturated carbocycles. The zero-order valence-electron chi connectivity index (χ0n) is 13.2. The minimum Gasteiger partial charge on any atom is -0.497 e. The fourth-order valence-electron chi connectivity index (χ4n) is 3.02.